The van der Waals surface area contributed by atoms with Crippen molar-refractivity contribution >= 4 is 17.5 Å². The number of aryl methyl sites for hydroxylation is 1. The van der Waals surface area contributed by atoms with Crippen molar-refractivity contribution < 1.29 is 14.0 Å². The lowest BCUT2D eigenvalue weighted by molar-refractivity contribution is -0.131. The predicted octanol–water partition coefficient (Wildman–Crippen LogP) is 4.13. The summed E-state index contributed by atoms with van der Waals surface area (Å²) in [7, 11) is 0. The van der Waals surface area contributed by atoms with Gasteiger partial charge in [0, 0.05) is 30.9 Å². The summed E-state index contributed by atoms with van der Waals surface area (Å²) in [4.78, 5) is 36.1. The van der Waals surface area contributed by atoms with Crippen LogP contribution in [0.5, 0.6) is 0 Å². The second-order valence-corrected chi connectivity index (χ2v) is 8.01. The first-order chi connectivity index (χ1) is 15.5. The van der Waals surface area contributed by atoms with Crippen LogP contribution in [-0.4, -0.2) is 39.8 Å². The maximum atomic E-state index is 13.0. The zero-order valence-electron chi connectivity index (χ0n) is 17.9. The van der Waals surface area contributed by atoms with E-state index >= 15 is 0 Å². The summed E-state index contributed by atoms with van der Waals surface area (Å²) in [5, 5.41) is 2.73. The van der Waals surface area contributed by atoms with E-state index in [1.54, 1.807) is 13.1 Å². The van der Waals surface area contributed by atoms with Crippen LogP contribution in [0.1, 0.15) is 46.2 Å². The van der Waals surface area contributed by atoms with Crippen LogP contribution in [0, 0.1) is 12.7 Å². The molecule has 0 radical (unpaired) electrons. The van der Waals surface area contributed by atoms with Crippen LogP contribution in [-0.2, 0) is 11.2 Å². The summed E-state index contributed by atoms with van der Waals surface area (Å²) in [6, 6.07) is 15.4. The summed E-state index contributed by atoms with van der Waals surface area (Å²) in [6.07, 6.45) is 3.55. The lowest BCUT2D eigenvalue weighted by Crippen LogP contribution is -2.39. The molecule has 0 aliphatic carbocycles. The number of carbonyl (C=O) groups is 2. The lowest BCUT2D eigenvalue weighted by Gasteiger charge is -2.31. The van der Waals surface area contributed by atoms with Crippen molar-refractivity contribution in [2.45, 2.75) is 32.1 Å². The molecule has 1 N–H and O–H groups in total. The van der Waals surface area contributed by atoms with Crippen molar-refractivity contribution in [3.05, 3.63) is 89.3 Å². The number of halogens is 1. The number of rotatable bonds is 5. The van der Waals surface area contributed by atoms with E-state index < -0.39 is 0 Å². The van der Waals surface area contributed by atoms with E-state index in [2.05, 4.69) is 15.3 Å². The van der Waals surface area contributed by atoms with Crippen LogP contribution in [0.15, 0.2) is 60.8 Å². The number of aromatic nitrogens is 2. The first-order valence-corrected chi connectivity index (χ1v) is 10.7. The highest BCUT2D eigenvalue weighted by atomic mass is 19.1. The van der Waals surface area contributed by atoms with Crippen LogP contribution in [0.2, 0.25) is 0 Å². The summed E-state index contributed by atoms with van der Waals surface area (Å²) in [5.41, 5.74) is 2.51. The average Bonchev–Trinajstić information content (AvgIpc) is 2.81. The van der Waals surface area contributed by atoms with Crippen LogP contribution < -0.4 is 5.32 Å². The predicted molar refractivity (Wildman–Crippen MR) is 120 cm³/mol. The van der Waals surface area contributed by atoms with Crippen molar-refractivity contribution in [3.8, 4) is 0 Å². The third-order valence-electron chi connectivity index (χ3n) is 5.76. The van der Waals surface area contributed by atoms with E-state index in [1.165, 1.54) is 24.3 Å². The third kappa shape index (κ3) is 5.17. The number of benzene rings is 2. The Kier molecular flexibility index (Phi) is 6.54. The van der Waals surface area contributed by atoms with E-state index in [0.717, 1.165) is 18.4 Å². The Hall–Kier alpha value is -3.61. The van der Waals surface area contributed by atoms with E-state index in [4.69, 9.17) is 0 Å². The van der Waals surface area contributed by atoms with Crippen LogP contribution in [0.4, 0.5) is 10.1 Å². The van der Waals surface area contributed by atoms with Crippen LogP contribution in [0.25, 0.3) is 0 Å². The van der Waals surface area contributed by atoms with Crippen LogP contribution in [0.3, 0.4) is 0 Å². The highest BCUT2D eigenvalue weighted by Crippen LogP contribution is 2.26. The molecule has 2 heterocycles. The van der Waals surface area contributed by atoms with Gasteiger partial charge in [0.15, 0.2) is 0 Å². The summed E-state index contributed by atoms with van der Waals surface area (Å²) >= 11 is 0. The Morgan fingerprint density at radius 1 is 1.06 bits per heavy atom. The van der Waals surface area contributed by atoms with Crippen molar-refractivity contribution in [2.24, 2.45) is 0 Å². The molecule has 0 bridgehead atoms. The number of carbonyl (C=O) groups excluding carboxylic acids is 2. The minimum Gasteiger partial charge on any atom is -0.342 e. The molecule has 1 aromatic heterocycles. The van der Waals surface area contributed by atoms with Crippen molar-refractivity contribution in [3.63, 3.8) is 0 Å². The molecule has 6 nitrogen and oxygen atoms in total. The number of amides is 2. The molecule has 0 spiro atoms. The molecule has 1 aliphatic heterocycles. The summed E-state index contributed by atoms with van der Waals surface area (Å²) < 4.78 is 13.0. The molecule has 3 aromatic rings. The van der Waals surface area contributed by atoms with Gasteiger partial charge in [-0.3, -0.25) is 9.59 Å². The zero-order valence-corrected chi connectivity index (χ0v) is 17.9. The molecule has 0 atom stereocenters. The minimum atomic E-state index is -0.361. The molecule has 1 fully saturated rings. The number of hydrogen-bond acceptors (Lipinski definition) is 4. The van der Waals surface area contributed by atoms with Gasteiger partial charge in [-0.05, 0) is 49.6 Å². The standard InChI is InChI=1S/C25H25FN4O2/c1-17-22(25(32)29-21-9-7-20(26)8-10-21)16-27-24(28-17)19-11-13-30(14-12-19)23(31)15-18-5-3-2-4-6-18/h2-10,16,19H,11-15H2,1H3,(H,29,32). The molecular formula is C25H25FN4O2. The van der Waals surface area contributed by atoms with Crippen molar-refractivity contribution in [1.29, 1.82) is 0 Å². The van der Waals surface area contributed by atoms with Gasteiger partial charge in [-0.2, -0.15) is 0 Å². The number of likely N-dealkylation sites (tertiary alicyclic amines) is 1. The van der Waals surface area contributed by atoms with Gasteiger partial charge in [0.25, 0.3) is 5.91 Å². The SMILES string of the molecule is Cc1nc(C2CCN(C(=O)Cc3ccccc3)CC2)ncc1C(=O)Nc1ccc(F)cc1. The van der Waals surface area contributed by atoms with Gasteiger partial charge in [0.1, 0.15) is 11.6 Å². The van der Waals surface area contributed by atoms with E-state index in [0.29, 0.717) is 42.3 Å². The molecule has 4 rings (SSSR count). The second-order valence-electron chi connectivity index (χ2n) is 8.01. The molecular weight excluding hydrogens is 407 g/mol. The molecule has 164 valence electrons. The first kappa shape index (κ1) is 21.6. The van der Waals surface area contributed by atoms with E-state index in [9.17, 15) is 14.0 Å². The quantitative estimate of drug-likeness (QED) is 0.658. The van der Waals surface area contributed by atoms with Crippen LogP contribution >= 0.6 is 0 Å². The third-order valence-corrected chi connectivity index (χ3v) is 5.76. The molecule has 7 heteroatoms. The number of nitrogens with zero attached hydrogens (tertiary/aromatic N) is 3. The minimum absolute atomic E-state index is 0.138. The highest BCUT2D eigenvalue weighted by Gasteiger charge is 2.26. The monoisotopic (exact) mass is 432 g/mol. The molecule has 1 aliphatic rings. The van der Waals surface area contributed by atoms with E-state index in [-0.39, 0.29) is 23.5 Å². The Morgan fingerprint density at radius 2 is 1.75 bits per heavy atom. The number of nitrogens with one attached hydrogen (secondary N) is 1. The molecule has 2 amide bonds. The molecule has 0 unspecified atom stereocenters. The van der Waals surface area contributed by atoms with Gasteiger partial charge >= 0.3 is 0 Å². The second kappa shape index (κ2) is 9.68. The summed E-state index contributed by atoms with van der Waals surface area (Å²) in [5.74, 6) is 0.306. The maximum absolute atomic E-state index is 13.0. The fourth-order valence-corrected chi connectivity index (χ4v) is 3.91. The largest absolute Gasteiger partial charge is 0.342 e. The van der Waals surface area contributed by atoms with Gasteiger partial charge in [-0.25, -0.2) is 14.4 Å². The normalized spacial score (nSPS) is 14.2. The Bertz CT molecular complexity index is 1090. The van der Waals surface area contributed by atoms with Gasteiger partial charge in [-0.15, -0.1) is 0 Å². The Labute approximate surface area is 186 Å². The van der Waals surface area contributed by atoms with Gasteiger partial charge in [0.05, 0.1) is 17.7 Å². The van der Waals surface area contributed by atoms with Crippen molar-refractivity contribution in [2.75, 3.05) is 18.4 Å². The Balaban J connectivity index is 1.35. The average molecular weight is 432 g/mol. The van der Waals surface area contributed by atoms with E-state index in [1.807, 2.05) is 35.2 Å². The number of hydrogen-bond donors (Lipinski definition) is 1. The number of anilines is 1. The fourth-order valence-electron chi connectivity index (χ4n) is 3.91. The summed E-state index contributed by atoms with van der Waals surface area (Å²) in [6.45, 7) is 3.13. The Morgan fingerprint density at radius 3 is 2.41 bits per heavy atom. The molecule has 1 saturated heterocycles. The van der Waals surface area contributed by atoms with Gasteiger partial charge in [-0.1, -0.05) is 30.3 Å². The molecule has 32 heavy (non-hydrogen) atoms. The topological polar surface area (TPSA) is 75.2 Å². The first-order valence-electron chi connectivity index (χ1n) is 10.7. The zero-order chi connectivity index (χ0) is 22.5. The van der Waals surface area contributed by atoms with Gasteiger partial charge in [0.2, 0.25) is 5.91 Å². The van der Waals surface area contributed by atoms with Gasteiger partial charge < -0.3 is 10.2 Å². The highest BCUT2D eigenvalue weighted by molar-refractivity contribution is 6.04. The molecule has 0 saturated carbocycles. The fraction of sp³-hybridized carbons (Fsp3) is 0.280. The van der Waals surface area contributed by atoms with Crippen molar-refractivity contribution in [1.82, 2.24) is 14.9 Å². The molecule has 2 aromatic carbocycles. The maximum Gasteiger partial charge on any atom is 0.259 e. The smallest absolute Gasteiger partial charge is 0.259 e. The number of piperidine rings is 1. The lowest BCUT2D eigenvalue weighted by atomic mass is 9.95.